The lowest BCUT2D eigenvalue weighted by Gasteiger charge is -2.14. The van der Waals surface area contributed by atoms with Gasteiger partial charge in [-0.05, 0) is 31.4 Å². The molecule has 0 aliphatic rings. The van der Waals surface area contributed by atoms with Gasteiger partial charge >= 0.3 is 0 Å². The van der Waals surface area contributed by atoms with Crippen molar-refractivity contribution in [1.29, 1.82) is 0 Å². The predicted octanol–water partition coefficient (Wildman–Crippen LogP) is 2.50. The first-order chi connectivity index (χ1) is 6.74. The summed E-state index contributed by atoms with van der Waals surface area (Å²) in [4.78, 5) is 0. The summed E-state index contributed by atoms with van der Waals surface area (Å²) < 4.78 is 2.18. The van der Waals surface area contributed by atoms with Gasteiger partial charge in [-0.15, -0.1) is 0 Å². The summed E-state index contributed by atoms with van der Waals surface area (Å²) in [5, 5.41) is 10.4. The zero-order valence-electron chi connectivity index (χ0n) is 8.57. The van der Waals surface area contributed by atoms with Crippen LogP contribution in [0.5, 0.6) is 0 Å². The number of rotatable bonds is 2. The summed E-state index contributed by atoms with van der Waals surface area (Å²) in [6.45, 7) is 4.28. The van der Waals surface area contributed by atoms with Gasteiger partial charge in [-0.2, -0.15) is 0 Å². The third-order valence-electron chi connectivity index (χ3n) is 2.65. The third kappa shape index (κ3) is 1.32. The van der Waals surface area contributed by atoms with Crippen LogP contribution in [0.1, 0.15) is 18.7 Å². The Morgan fingerprint density at radius 1 is 1.36 bits per heavy atom. The molecule has 0 saturated carbocycles. The van der Waals surface area contributed by atoms with Crippen LogP contribution in [0.15, 0.2) is 30.3 Å². The van der Waals surface area contributed by atoms with E-state index < -0.39 is 0 Å². The number of para-hydroxylation sites is 1. The van der Waals surface area contributed by atoms with Crippen LogP contribution in [0, 0.1) is 6.92 Å². The minimum absolute atomic E-state index is 0.148. The maximum atomic E-state index is 9.17. The van der Waals surface area contributed by atoms with E-state index in [0.717, 1.165) is 0 Å². The molecule has 0 radical (unpaired) electrons. The van der Waals surface area contributed by atoms with Crippen LogP contribution >= 0.6 is 0 Å². The van der Waals surface area contributed by atoms with Crippen LogP contribution < -0.4 is 0 Å². The number of benzene rings is 1. The minimum atomic E-state index is 0.148. The highest BCUT2D eigenvalue weighted by atomic mass is 16.3. The van der Waals surface area contributed by atoms with Crippen molar-refractivity contribution < 1.29 is 5.11 Å². The van der Waals surface area contributed by atoms with E-state index in [0.29, 0.717) is 0 Å². The highest BCUT2D eigenvalue weighted by molar-refractivity contribution is 5.81. The van der Waals surface area contributed by atoms with Gasteiger partial charge in [0.2, 0.25) is 0 Å². The molecule has 0 aliphatic heterocycles. The summed E-state index contributed by atoms with van der Waals surface area (Å²) >= 11 is 0. The SMILES string of the molecule is Cc1cc2ccccc2n1C(C)CO. The lowest BCUT2D eigenvalue weighted by atomic mass is 10.2. The van der Waals surface area contributed by atoms with E-state index >= 15 is 0 Å². The fourth-order valence-corrected chi connectivity index (χ4v) is 1.98. The topological polar surface area (TPSA) is 25.2 Å². The van der Waals surface area contributed by atoms with E-state index in [4.69, 9.17) is 5.11 Å². The van der Waals surface area contributed by atoms with Crippen molar-refractivity contribution >= 4 is 10.9 Å². The van der Waals surface area contributed by atoms with Crippen LogP contribution in [-0.2, 0) is 0 Å². The van der Waals surface area contributed by atoms with Crippen molar-refractivity contribution in [1.82, 2.24) is 4.57 Å². The largest absolute Gasteiger partial charge is 0.394 e. The Morgan fingerprint density at radius 2 is 2.07 bits per heavy atom. The second kappa shape index (κ2) is 3.46. The van der Waals surface area contributed by atoms with E-state index in [9.17, 15) is 0 Å². The van der Waals surface area contributed by atoms with E-state index in [2.05, 4.69) is 29.7 Å². The summed E-state index contributed by atoms with van der Waals surface area (Å²) in [6, 6.07) is 10.6. The molecule has 2 aromatic rings. The quantitative estimate of drug-likeness (QED) is 0.771. The standard InChI is InChI=1S/C12H15NO/c1-9-7-11-5-3-4-6-12(11)13(9)10(2)8-14/h3-7,10,14H,8H2,1-2H3. The smallest absolute Gasteiger partial charge is 0.0636 e. The molecule has 2 nitrogen and oxygen atoms in total. The Hall–Kier alpha value is -1.28. The van der Waals surface area contributed by atoms with Crippen LogP contribution in [-0.4, -0.2) is 16.3 Å². The van der Waals surface area contributed by atoms with Crippen molar-refractivity contribution in [3.8, 4) is 0 Å². The van der Waals surface area contributed by atoms with Crippen LogP contribution in [0.3, 0.4) is 0 Å². The molecule has 1 heterocycles. The van der Waals surface area contributed by atoms with Crippen molar-refractivity contribution in [2.24, 2.45) is 0 Å². The predicted molar refractivity (Wildman–Crippen MR) is 58.5 cm³/mol. The first-order valence-corrected chi connectivity index (χ1v) is 4.91. The Morgan fingerprint density at radius 3 is 2.79 bits per heavy atom. The molecule has 0 aliphatic carbocycles. The summed E-state index contributed by atoms with van der Waals surface area (Å²) in [7, 11) is 0. The third-order valence-corrected chi connectivity index (χ3v) is 2.65. The molecule has 2 rings (SSSR count). The zero-order valence-corrected chi connectivity index (χ0v) is 8.57. The average Bonchev–Trinajstić information content (AvgIpc) is 2.53. The number of aliphatic hydroxyl groups is 1. The van der Waals surface area contributed by atoms with E-state index in [1.165, 1.54) is 16.6 Å². The van der Waals surface area contributed by atoms with Gasteiger partial charge in [-0.3, -0.25) is 0 Å². The molecule has 0 bridgehead atoms. The molecule has 0 fully saturated rings. The lowest BCUT2D eigenvalue weighted by Crippen LogP contribution is -2.10. The highest BCUT2D eigenvalue weighted by Gasteiger charge is 2.09. The van der Waals surface area contributed by atoms with Crippen LogP contribution in [0.25, 0.3) is 10.9 Å². The van der Waals surface area contributed by atoms with Crippen molar-refractivity contribution in [3.05, 3.63) is 36.0 Å². The van der Waals surface area contributed by atoms with Crippen molar-refractivity contribution in [3.63, 3.8) is 0 Å². The summed E-state index contributed by atoms with van der Waals surface area (Å²) in [5.74, 6) is 0. The van der Waals surface area contributed by atoms with E-state index in [1.807, 2.05) is 19.1 Å². The average molecular weight is 189 g/mol. The second-order valence-corrected chi connectivity index (χ2v) is 3.75. The molecule has 1 N–H and O–H groups in total. The number of aryl methyl sites for hydroxylation is 1. The summed E-state index contributed by atoms with van der Waals surface area (Å²) in [6.07, 6.45) is 0. The van der Waals surface area contributed by atoms with Gasteiger partial charge in [0, 0.05) is 11.2 Å². The number of aromatic nitrogens is 1. The Labute approximate surface area is 83.8 Å². The number of nitrogens with zero attached hydrogens (tertiary/aromatic N) is 1. The normalized spacial score (nSPS) is 13.4. The van der Waals surface area contributed by atoms with E-state index in [-0.39, 0.29) is 12.6 Å². The maximum Gasteiger partial charge on any atom is 0.0636 e. The number of hydrogen-bond acceptors (Lipinski definition) is 1. The van der Waals surface area contributed by atoms with Gasteiger partial charge in [-0.1, -0.05) is 18.2 Å². The molecule has 1 unspecified atom stereocenters. The van der Waals surface area contributed by atoms with Gasteiger partial charge in [0.15, 0.2) is 0 Å². The Balaban J connectivity index is 2.67. The van der Waals surface area contributed by atoms with E-state index in [1.54, 1.807) is 0 Å². The van der Waals surface area contributed by atoms with Crippen LogP contribution in [0.4, 0.5) is 0 Å². The molecule has 1 aromatic heterocycles. The second-order valence-electron chi connectivity index (χ2n) is 3.75. The first kappa shape index (κ1) is 9.28. The van der Waals surface area contributed by atoms with Gasteiger partial charge in [0.05, 0.1) is 12.6 Å². The monoisotopic (exact) mass is 189 g/mol. The molecular weight excluding hydrogens is 174 g/mol. The number of hydrogen-bond donors (Lipinski definition) is 1. The molecule has 0 spiro atoms. The Bertz CT molecular complexity index is 445. The first-order valence-electron chi connectivity index (χ1n) is 4.91. The zero-order chi connectivity index (χ0) is 10.1. The van der Waals surface area contributed by atoms with Crippen molar-refractivity contribution in [2.45, 2.75) is 19.9 Å². The fourth-order valence-electron chi connectivity index (χ4n) is 1.98. The van der Waals surface area contributed by atoms with Gasteiger partial charge < -0.3 is 9.67 Å². The van der Waals surface area contributed by atoms with Gasteiger partial charge in [-0.25, -0.2) is 0 Å². The Kier molecular flexibility index (Phi) is 2.30. The molecule has 74 valence electrons. The number of aliphatic hydroxyl groups excluding tert-OH is 1. The maximum absolute atomic E-state index is 9.17. The molecule has 14 heavy (non-hydrogen) atoms. The molecule has 1 aromatic carbocycles. The molecule has 0 saturated heterocycles. The van der Waals surface area contributed by atoms with Crippen LogP contribution in [0.2, 0.25) is 0 Å². The minimum Gasteiger partial charge on any atom is -0.394 e. The van der Waals surface area contributed by atoms with Gasteiger partial charge in [0.1, 0.15) is 0 Å². The van der Waals surface area contributed by atoms with Gasteiger partial charge in [0.25, 0.3) is 0 Å². The fraction of sp³-hybridized carbons (Fsp3) is 0.333. The highest BCUT2D eigenvalue weighted by Crippen LogP contribution is 2.23. The lowest BCUT2D eigenvalue weighted by molar-refractivity contribution is 0.240. The number of fused-ring (bicyclic) bond motifs is 1. The molecule has 1 atom stereocenters. The molecular formula is C12H15NO. The van der Waals surface area contributed by atoms with Crippen molar-refractivity contribution in [2.75, 3.05) is 6.61 Å². The molecule has 0 amide bonds. The molecule has 2 heteroatoms. The summed E-state index contributed by atoms with van der Waals surface area (Å²) in [5.41, 5.74) is 2.40.